The quantitative estimate of drug-likeness (QED) is 0.903. The second kappa shape index (κ2) is 5.36. The molecule has 0 unspecified atom stereocenters. The molecule has 0 saturated carbocycles. The Kier molecular flexibility index (Phi) is 3.81. The Labute approximate surface area is 110 Å². The zero-order chi connectivity index (χ0) is 14.0. The van der Waals surface area contributed by atoms with Crippen LogP contribution in [0.25, 0.3) is 0 Å². The molecule has 2 rings (SSSR count). The van der Waals surface area contributed by atoms with Crippen LogP contribution in [-0.4, -0.2) is 5.11 Å². The molecule has 1 N–H and O–H groups in total. The number of rotatable bonds is 3. The van der Waals surface area contributed by atoms with Gasteiger partial charge < -0.3 is 9.84 Å². The van der Waals surface area contributed by atoms with Crippen molar-refractivity contribution in [1.82, 2.24) is 0 Å². The molecule has 2 aromatic rings. The molecule has 0 saturated heterocycles. The number of hydrogen-bond acceptors (Lipinski definition) is 2. The van der Waals surface area contributed by atoms with Gasteiger partial charge in [0.1, 0.15) is 23.1 Å². The fourth-order valence-corrected chi connectivity index (χ4v) is 1.71. The Hall–Kier alpha value is -1.94. The Balaban J connectivity index is 2.38. The van der Waals surface area contributed by atoms with Gasteiger partial charge in [-0.1, -0.05) is 0 Å². The first kappa shape index (κ1) is 13.5. The zero-order valence-electron chi connectivity index (χ0n) is 10.7. The van der Waals surface area contributed by atoms with E-state index in [1.807, 2.05) is 0 Å². The smallest absolute Gasteiger partial charge is 0.133 e. The fourth-order valence-electron chi connectivity index (χ4n) is 1.71. The molecule has 2 nitrogen and oxygen atoms in total. The van der Waals surface area contributed by atoms with E-state index in [1.54, 1.807) is 6.92 Å². The molecule has 0 aromatic heterocycles. The van der Waals surface area contributed by atoms with E-state index in [9.17, 15) is 13.9 Å². The normalized spacial score (nSPS) is 12.3. The maximum absolute atomic E-state index is 13.5. The van der Waals surface area contributed by atoms with Crippen LogP contribution < -0.4 is 4.74 Å². The maximum Gasteiger partial charge on any atom is 0.133 e. The first-order chi connectivity index (χ1) is 8.97. The number of ether oxygens (including phenoxy) is 1. The van der Waals surface area contributed by atoms with Crippen molar-refractivity contribution < 1.29 is 18.6 Å². The van der Waals surface area contributed by atoms with Gasteiger partial charge in [0.15, 0.2) is 0 Å². The van der Waals surface area contributed by atoms with E-state index in [-0.39, 0.29) is 5.82 Å². The highest BCUT2D eigenvalue weighted by Crippen LogP contribution is 2.31. The molecule has 0 amide bonds. The predicted octanol–water partition coefficient (Wildman–Crippen LogP) is 4.12. The number of benzene rings is 2. The second-order valence-corrected chi connectivity index (χ2v) is 4.37. The average molecular weight is 264 g/mol. The highest BCUT2D eigenvalue weighted by atomic mass is 19.1. The van der Waals surface area contributed by atoms with Gasteiger partial charge in [-0.15, -0.1) is 0 Å². The standard InChI is InChI=1S/C15H14F2O2/c1-9-7-15(13(10(2)18)8-14(9)17)19-12-5-3-11(16)4-6-12/h3-8,10,18H,1-2H3/t10-/m0/s1. The summed E-state index contributed by atoms with van der Waals surface area (Å²) in [5.41, 5.74) is 0.772. The summed E-state index contributed by atoms with van der Waals surface area (Å²) >= 11 is 0. The summed E-state index contributed by atoms with van der Waals surface area (Å²) in [6.07, 6.45) is -0.856. The van der Waals surface area contributed by atoms with Crippen molar-refractivity contribution >= 4 is 0 Å². The molecule has 0 bridgehead atoms. The van der Waals surface area contributed by atoms with Gasteiger partial charge in [0, 0.05) is 5.56 Å². The summed E-state index contributed by atoms with van der Waals surface area (Å²) in [5, 5.41) is 9.64. The molecule has 4 heteroatoms. The van der Waals surface area contributed by atoms with Crippen LogP contribution in [0.5, 0.6) is 11.5 Å². The van der Waals surface area contributed by atoms with E-state index >= 15 is 0 Å². The Morgan fingerprint density at radius 2 is 1.74 bits per heavy atom. The van der Waals surface area contributed by atoms with Crippen molar-refractivity contribution in [3.05, 3.63) is 59.2 Å². The van der Waals surface area contributed by atoms with Gasteiger partial charge >= 0.3 is 0 Å². The minimum absolute atomic E-state index is 0.354. The third kappa shape index (κ3) is 3.09. The molecule has 2 aromatic carbocycles. The van der Waals surface area contributed by atoms with Crippen LogP contribution in [0, 0.1) is 18.6 Å². The lowest BCUT2D eigenvalue weighted by Crippen LogP contribution is -1.99. The van der Waals surface area contributed by atoms with Crippen molar-refractivity contribution in [3.8, 4) is 11.5 Å². The first-order valence-electron chi connectivity index (χ1n) is 5.89. The summed E-state index contributed by atoms with van der Waals surface area (Å²) in [6.45, 7) is 3.14. The van der Waals surface area contributed by atoms with E-state index < -0.39 is 11.9 Å². The van der Waals surface area contributed by atoms with Crippen molar-refractivity contribution in [2.75, 3.05) is 0 Å². The number of aliphatic hydroxyl groups is 1. The Morgan fingerprint density at radius 1 is 1.11 bits per heavy atom. The highest BCUT2D eigenvalue weighted by Gasteiger charge is 2.13. The summed E-state index contributed by atoms with van der Waals surface area (Å²) in [5.74, 6) is 0.0237. The monoisotopic (exact) mass is 264 g/mol. The summed E-state index contributed by atoms with van der Waals surface area (Å²) in [6, 6.07) is 8.25. The molecule has 0 fully saturated rings. The lowest BCUT2D eigenvalue weighted by molar-refractivity contribution is 0.195. The summed E-state index contributed by atoms with van der Waals surface area (Å²) < 4.78 is 31.9. The fraction of sp³-hybridized carbons (Fsp3) is 0.200. The van der Waals surface area contributed by atoms with Gasteiger partial charge in [0.25, 0.3) is 0 Å². The Morgan fingerprint density at radius 3 is 2.32 bits per heavy atom. The first-order valence-corrected chi connectivity index (χ1v) is 5.89. The number of aryl methyl sites for hydroxylation is 1. The molecule has 0 aliphatic carbocycles. The molecule has 19 heavy (non-hydrogen) atoms. The van der Waals surface area contributed by atoms with E-state index in [2.05, 4.69) is 0 Å². The minimum Gasteiger partial charge on any atom is -0.457 e. The lowest BCUT2D eigenvalue weighted by atomic mass is 10.1. The largest absolute Gasteiger partial charge is 0.457 e. The van der Waals surface area contributed by atoms with E-state index in [0.717, 1.165) is 0 Å². The van der Waals surface area contributed by atoms with Gasteiger partial charge in [-0.05, 0) is 55.8 Å². The van der Waals surface area contributed by atoms with Gasteiger partial charge in [0.2, 0.25) is 0 Å². The average Bonchev–Trinajstić information content (AvgIpc) is 2.36. The van der Waals surface area contributed by atoms with Crippen molar-refractivity contribution in [3.63, 3.8) is 0 Å². The van der Waals surface area contributed by atoms with E-state index in [1.165, 1.54) is 43.3 Å². The van der Waals surface area contributed by atoms with Gasteiger partial charge in [0.05, 0.1) is 6.10 Å². The van der Waals surface area contributed by atoms with E-state index in [0.29, 0.717) is 22.6 Å². The van der Waals surface area contributed by atoms with Gasteiger partial charge in [-0.25, -0.2) is 8.78 Å². The zero-order valence-corrected chi connectivity index (χ0v) is 10.7. The SMILES string of the molecule is Cc1cc(Oc2ccc(F)cc2)c([C@H](C)O)cc1F. The lowest BCUT2D eigenvalue weighted by Gasteiger charge is -2.14. The topological polar surface area (TPSA) is 29.5 Å². The van der Waals surface area contributed by atoms with Crippen molar-refractivity contribution in [2.24, 2.45) is 0 Å². The van der Waals surface area contributed by atoms with Crippen molar-refractivity contribution in [2.45, 2.75) is 20.0 Å². The van der Waals surface area contributed by atoms with E-state index in [4.69, 9.17) is 4.74 Å². The minimum atomic E-state index is -0.856. The van der Waals surface area contributed by atoms with Crippen LogP contribution in [0.4, 0.5) is 8.78 Å². The predicted molar refractivity (Wildman–Crippen MR) is 68.2 cm³/mol. The van der Waals surface area contributed by atoms with Crippen LogP contribution in [0.1, 0.15) is 24.2 Å². The molecule has 0 heterocycles. The third-order valence-corrected chi connectivity index (χ3v) is 2.78. The van der Waals surface area contributed by atoms with Gasteiger partial charge in [-0.3, -0.25) is 0 Å². The van der Waals surface area contributed by atoms with Crippen LogP contribution >= 0.6 is 0 Å². The van der Waals surface area contributed by atoms with Crippen LogP contribution in [-0.2, 0) is 0 Å². The molecule has 0 aliphatic rings. The summed E-state index contributed by atoms with van der Waals surface area (Å²) in [4.78, 5) is 0. The molecular weight excluding hydrogens is 250 g/mol. The summed E-state index contributed by atoms with van der Waals surface area (Å²) in [7, 11) is 0. The highest BCUT2D eigenvalue weighted by molar-refractivity contribution is 5.42. The molecule has 1 atom stereocenters. The van der Waals surface area contributed by atoms with Gasteiger partial charge in [-0.2, -0.15) is 0 Å². The molecular formula is C15H14F2O2. The van der Waals surface area contributed by atoms with Crippen LogP contribution in [0.3, 0.4) is 0 Å². The van der Waals surface area contributed by atoms with Crippen LogP contribution in [0.2, 0.25) is 0 Å². The molecule has 0 spiro atoms. The molecule has 0 radical (unpaired) electrons. The van der Waals surface area contributed by atoms with Crippen LogP contribution in [0.15, 0.2) is 36.4 Å². The number of halogens is 2. The number of aliphatic hydroxyl groups excluding tert-OH is 1. The Bertz CT molecular complexity index is 577. The third-order valence-electron chi connectivity index (χ3n) is 2.78. The maximum atomic E-state index is 13.5. The second-order valence-electron chi connectivity index (χ2n) is 4.37. The molecule has 0 aliphatic heterocycles. The molecule has 100 valence electrons. The number of hydrogen-bond donors (Lipinski definition) is 1. The van der Waals surface area contributed by atoms with Crippen molar-refractivity contribution in [1.29, 1.82) is 0 Å².